The van der Waals surface area contributed by atoms with E-state index in [9.17, 15) is 21.6 Å². The first-order valence-corrected chi connectivity index (χ1v) is 13.9. The summed E-state index contributed by atoms with van der Waals surface area (Å²) in [5, 5.41) is 0. The van der Waals surface area contributed by atoms with Crippen molar-refractivity contribution in [1.29, 1.82) is 0 Å². The molecule has 0 rings (SSSR count). The van der Waals surface area contributed by atoms with E-state index in [1.54, 1.807) is 31.0 Å². The molecule has 0 radical (unpaired) electrons. The molecule has 29 heavy (non-hydrogen) atoms. The molecule has 0 saturated heterocycles. The van der Waals surface area contributed by atoms with E-state index in [1.807, 2.05) is 0 Å². The summed E-state index contributed by atoms with van der Waals surface area (Å²) >= 11 is 0. The summed E-state index contributed by atoms with van der Waals surface area (Å²) in [6, 6.07) is 0. The molecule has 0 fully saturated rings. The lowest BCUT2D eigenvalue weighted by Crippen LogP contribution is -2.25. The van der Waals surface area contributed by atoms with Gasteiger partial charge in [-0.3, -0.25) is 4.18 Å². The fourth-order valence-corrected chi connectivity index (χ4v) is 3.32. The second kappa shape index (κ2) is 11.5. The van der Waals surface area contributed by atoms with Crippen LogP contribution in [-0.2, 0) is 19.0 Å². The first-order chi connectivity index (χ1) is 13.1. The van der Waals surface area contributed by atoms with E-state index in [0.29, 0.717) is 11.3 Å². The van der Waals surface area contributed by atoms with Crippen molar-refractivity contribution in [2.24, 2.45) is 0 Å². The lowest BCUT2D eigenvalue weighted by atomic mass is 10.2. The molecule has 0 aliphatic heterocycles. The summed E-state index contributed by atoms with van der Waals surface area (Å²) in [5.41, 5.74) is 4.58. The largest absolute Gasteiger partial charge is 0.495 e. The minimum Gasteiger partial charge on any atom is -0.495 e. The molecule has 0 aromatic heterocycles. The highest BCUT2D eigenvalue weighted by atomic mass is 32.2. The number of ether oxygens (including phenoxy) is 1. The van der Waals surface area contributed by atoms with Crippen LogP contribution in [0.15, 0.2) is 35.8 Å². The number of hydrogen-bond acceptors (Lipinski definition) is 5. The molecular weight excluding hydrogens is 423 g/mol. The van der Waals surface area contributed by atoms with Crippen LogP contribution in [0.2, 0.25) is 19.6 Å². The van der Waals surface area contributed by atoms with Crippen LogP contribution in [0.1, 0.15) is 13.3 Å². The van der Waals surface area contributed by atoms with Crippen LogP contribution in [0.4, 0.5) is 13.2 Å². The van der Waals surface area contributed by atoms with Gasteiger partial charge >= 0.3 is 6.18 Å². The van der Waals surface area contributed by atoms with E-state index < -0.39 is 36.7 Å². The van der Waals surface area contributed by atoms with Gasteiger partial charge in [0.25, 0.3) is 10.1 Å². The average Bonchev–Trinajstić information content (AvgIpc) is 2.57. The highest BCUT2D eigenvalue weighted by molar-refractivity contribution is 7.86. The van der Waals surface area contributed by atoms with Crippen LogP contribution < -0.4 is 0 Å². The van der Waals surface area contributed by atoms with Gasteiger partial charge in [0, 0.05) is 19.2 Å². The van der Waals surface area contributed by atoms with E-state index in [-0.39, 0.29) is 13.0 Å². The van der Waals surface area contributed by atoms with Crippen molar-refractivity contribution < 1.29 is 30.5 Å². The van der Waals surface area contributed by atoms with Crippen molar-refractivity contribution in [3.8, 4) is 11.5 Å². The summed E-state index contributed by atoms with van der Waals surface area (Å²) in [5.74, 6) is 3.05. The molecule has 0 unspecified atom stereocenters. The zero-order valence-corrected chi connectivity index (χ0v) is 19.6. The number of methoxy groups -OCH3 is 1. The van der Waals surface area contributed by atoms with Crippen molar-refractivity contribution in [3.05, 3.63) is 35.8 Å². The molecule has 5 nitrogen and oxygen atoms in total. The van der Waals surface area contributed by atoms with Gasteiger partial charge in [0.2, 0.25) is 0 Å². The number of allylic oxidation sites excluding steroid dienone is 4. The fraction of sp³-hybridized carbons (Fsp3) is 0.579. The van der Waals surface area contributed by atoms with Gasteiger partial charge in [0.15, 0.2) is 6.61 Å². The van der Waals surface area contributed by atoms with Gasteiger partial charge in [0.1, 0.15) is 13.8 Å². The lowest BCUT2D eigenvalue weighted by molar-refractivity contribution is -0.152. The molecule has 0 heterocycles. The predicted octanol–water partition coefficient (Wildman–Crippen LogP) is 4.09. The number of halogens is 3. The van der Waals surface area contributed by atoms with Gasteiger partial charge in [-0.2, -0.15) is 21.6 Å². The maximum Gasteiger partial charge on any atom is 0.413 e. The Balaban J connectivity index is 4.88. The van der Waals surface area contributed by atoms with Crippen molar-refractivity contribution in [2.75, 3.05) is 33.1 Å². The maximum absolute atomic E-state index is 12.1. The zero-order chi connectivity index (χ0) is 22.9. The first-order valence-electron chi connectivity index (χ1n) is 8.86. The second-order valence-corrected chi connectivity index (χ2v) is 13.9. The Morgan fingerprint density at radius 1 is 1.24 bits per heavy atom. The molecule has 0 bridgehead atoms. The number of rotatable bonds is 10. The Morgan fingerprint density at radius 3 is 2.31 bits per heavy atom. The van der Waals surface area contributed by atoms with Gasteiger partial charge in [-0.05, 0) is 25.5 Å². The molecule has 0 aromatic carbocycles. The Hall–Kier alpha value is -1.70. The third-order valence-corrected chi connectivity index (χ3v) is 5.61. The first kappa shape index (κ1) is 27.3. The van der Waals surface area contributed by atoms with E-state index in [4.69, 9.17) is 4.74 Å². The van der Waals surface area contributed by atoms with Gasteiger partial charge in [-0.1, -0.05) is 32.1 Å². The smallest absolute Gasteiger partial charge is 0.413 e. The molecule has 0 N–H and O–H groups in total. The Kier molecular flexibility index (Phi) is 10.8. The molecule has 166 valence electrons. The predicted molar refractivity (Wildman–Crippen MR) is 112 cm³/mol. The van der Waals surface area contributed by atoms with Crippen molar-refractivity contribution in [1.82, 2.24) is 4.90 Å². The van der Waals surface area contributed by atoms with E-state index in [2.05, 4.69) is 41.9 Å². The van der Waals surface area contributed by atoms with Gasteiger partial charge < -0.3 is 9.64 Å². The summed E-state index contributed by atoms with van der Waals surface area (Å²) in [6.45, 7) is 10.5. The summed E-state index contributed by atoms with van der Waals surface area (Å²) in [7, 11) is -2.50. The normalized spacial score (nSPS) is 13.6. The van der Waals surface area contributed by atoms with Crippen molar-refractivity contribution >= 4 is 18.2 Å². The van der Waals surface area contributed by atoms with Crippen LogP contribution >= 0.6 is 0 Å². The number of hydrogen-bond donors (Lipinski definition) is 0. The van der Waals surface area contributed by atoms with E-state index in [1.165, 1.54) is 7.11 Å². The maximum atomic E-state index is 12.1. The van der Waals surface area contributed by atoms with Crippen LogP contribution in [0.5, 0.6) is 0 Å². The minimum atomic E-state index is -4.69. The summed E-state index contributed by atoms with van der Waals surface area (Å²) in [6.07, 6.45) is -1.13. The van der Waals surface area contributed by atoms with Crippen molar-refractivity contribution in [2.45, 2.75) is 39.2 Å². The van der Waals surface area contributed by atoms with E-state index >= 15 is 0 Å². The molecule has 0 aromatic rings. The third-order valence-electron chi connectivity index (χ3n) is 3.47. The van der Waals surface area contributed by atoms with Crippen molar-refractivity contribution in [3.63, 3.8) is 0 Å². The Morgan fingerprint density at radius 2 is 1.83 bits per heavy atom. The molecule has 0 atom stereocenters. The SMILES string of the molecule is C=C(C#C[Si](C)(C)C)/C=C\C(OC)=C(/C)N(C)CCCS(=O)(=O)OCC(F)(F)F. The molecule has 0 aliphatic rings. The van der Waals surface area contributed by atoms with Gasteiger partial charge in [-0.25, -0.2) is 0 Å². The number of nitrogens with zero attached hydrogens (tertiary/aromatic N) is 1. The second-order valence-electron chi connectivity index (χ2n) is 7.43. The molecule has 10 heteroatoms. The molecule has 0 saturated carbocycles. The standard InChI is InChI=1S/C19H30F3NO4SSi/c1-16(11-14-29(5,6)7)9-10-18(26-4)17(2)23(3)12-8-13-28(24,25)27-15-19(20,21)22/h9-10H,1,8,12-13,15H2,2-7H3/b10-9-,18-17-. The minimum absolute atomic E-state index is 0.100. The highest BCUT2D eigenvalue weighted by Gasteiger charge is 2.30. The highest BCUT2D eigenvalue weighted by Crippen LogP contribution is 2.17. The van der Waals surface area contributed by atoms with Gasteiger partial charge in [0.05, 0.1) is 18.6 Å². The molecule has 0 amide bonds. The lowest BCUT2D eigenvalue weighted by Gasteiger charge is -2.21. The van der Waals surface area contributed by atoms with Gasteiger partial charge in [-0.15, -0.1) is 5.54 Å². The van der Waals surface area contributed by atoms with Crippen LogP contribution in [0, 0.1) is 11.5 Å². The molecule has 0 spiro atoms. The van der Waals surface area contributed by atoms with E-state index in [0.717, 1.165) is 5.70 Å². The third kappa shape index (κ3) is 14.0. The Bertz CT molecular complexity index is 785. The molecule has 0 aliphatic carbocycles. The summed E-state index contributed by atoms with van der Waals surface area (Å²) in [4.78, 5) is 1.75. The van der Waals surface area contributed by atoms with Crippen LogP contribution in [-0.4, -0.2) is 60.6 Å². The van der Waals surface area contributed by atoms with Crippen LogP contribution in [0.25, 0.3) is 0 Å². The summed E-state index contributed by atoms with van der Waals surface area (Å²) < 4.78 is 68.6. The van der Waals surface area contributed by atoms with Crippen LogP contribution in [0.3, 0.4) is 0 Å². The zero-order valence-electron chi connectivity index (χ0n) is 17.8. The topological polar surface area (TPSA) is 55.8 Å². The average molecular weight is 454 g/mol. The number of alkyl halides is 3. The molecular formula is C19H30F3NO4SSi. The quantitative estimate of drug-likeness (QED) is 0.164. The fourth-order valence-electron chi connectivity index (χ4n) is 1.87. The monoisotopic (exact) mass is 453 g/mol. The Labute approximate surface area is 173 Å².